The Bertz CT molecular complexity index is 485. The lowest BCUT2D eigenvalue weighted by molar-refractivity contribution is 0.101. The van der Waals surface area contributed by atoms with Crippen molar-refractivity contribution in [1.82, 2.24) is 4.72 Å². The second kappa shape index (κ2) is 5.36. The van der Waals surface area contributed by atoms with E-state index in [4.69, 9.17) is 0 Å². The van der Waals surface area contributed by atoms with Crippen molar-refractivity contribution in [3.05, 3.63) is 15.9 Å². The first-order valence-electron chi connectivity index (χ1n) is 5.45. The molecule has 0 radical (unpaired) electrons. The average molecular weight is 340 g/mol. The predicted octanol–water partition coefficient (Wildman–Crippen LogP) is 2.09. The minimum atomic E-state index is -3.49. The molecule has 1 aromatic rings. The standard InChI is InChI=1S/C10H14BrNO3S2/c11-9-5-6-10(16-9)17(14,15)12-7-3-1-2-4-8(7)13/h5-8,12-13H,1-4H2/t7-,8-/m1/s1. The fourth-order valence-electron chi connectivity index (χ4n) is 1.95. The molecular formula is C10H14BrNO3S2. The summed E-state index contributed by atoms with van der Waals surface area (Å²) < 4.78 is 27.7. The summed E-state index contributed by atoms with van der Waals surface area (Å²) in [5, 5.41) is 9.75. The molecule has 0 bridgehead atoms. The van der Waals surface area contributed by atoms with Crippen LogP contribution < -0.4 is 4.72 Å². The van der Waals surface area contributed by atoms with Gasteiger partial charge in [-0.1, -0.05) is 12.8 Å². The average Bonchev–Trinajstić information content (AvgIpc) is 2.69. The van der Waals surface area contributed by atoms with Gasteiger partial charge in [-0.05, 0) is 40.9 Å². The normalized spacial score (nSPS) is 26.0. The van der Waals surface area contributed by atoms with E-state index >= 15 is 0 Å². The Hall–Kier alpha value is 0.0500. The number of halogens is 1. The fraction of sp³-hybridized carbons (Fsp3) is 0.600. The molecule has 1 heterocycles. The maximum Gasteiger partial charge on any atom is 0.250 e. The highest BCUT2D eigenvalue weighted by Crippen LogP contribution is 2.27. The molecule has 7 heteroatoms. The molecule has 1 saturated carbocycles. The molecule has 0 amide bonds. The molecule has 2 atom stereocenters. The Morgan fingerprint density at radius 1 is 1.35 bits per heavy atom. The highest BCUT2D eigenvalue weighted by Gasteiger charge is 2.28. The molecule has 1 aliphatic rings. The first-order valence-corrected chi connectivity index (χ1v) is 8.54. The number of hydrogen-bond acceptors (Lipinski definition) is 4. The van der Waals surface area contributed by atoms with Crippen molar-refractivity contribution in [2.24, 2.45) is 0 Å². The third kappa shape index (κ3) is 3.29. The first-order chi connectivity index (χ1) is 7.99. The molecule has 4 nitrogen and oxygen atoms in total. The van der Waals surface area contributed by atoms with E-state index in [-0.39, 0.29) is 10.3 Å². The largest absolute Gasteiger partial charge is 0.391 e. The second-order valence-corrected chi connectivity index (χ2v) is 8.54. The van der Waals surface area contributed by atoms with E-state index in [1.165, 1.54) is 11.3 Å². The Kier molecular flexibility index (Phi) is 4.25. The van der Waals surface area contributed by atoms with Gasteiger partial charge in [0.25, 0.3) is 0 Å². The summed E-state index contributed by atoms with van der Waals surface area (Å²) in [6.07, 6.45) is 2.72. The van der Waals surface area contributed by atoms with E-state index in [0.29, 0.717) is 12.8 Å². The molecular weight excluding hydrogens is 326 g/mol. The number of hydrogen-bond donors (Lipinski definition) is 2. The van der Waals surface area contributed by atoms with Gasteiger partial charge in [0.1, 0.15) is 4.21 Å². The molecule has 0 aromatic carbocycles. The van der Waals surface area contributed by atoms with E-state index in [2.05, 4.69) is 20.7 Å². The van der Waals surface area contributed by atoms with E-state index in [1.54, 1.807) is 12.1 Å². The van der Waals surface area contributed by atoms with Crippen molar-refractivity contribution < 1.29 is 13.5 Å². The Morgan fingerprint density at radius 3 is 2.65 bits per heavy atom. The summed E-state index contributed by atoms with van der Waals surface area (Å²) in [4.78, 5) is 0. The van der Waals surface area contributed by atoms with E-state index in [1.807, 2.05) is 0 Å². The Labute approximate surface area is 113 Å². The van der Waals surface area contributed by atoms with Crippen LogP contribution in [0.4, 0.5) is 0 Å². The van der Waals surface area contributed by atoms with E-state index in [9.17, 15) is 13.5 Å². The number of sulfonamides is 1. The summed E-state index contributed by atoms with van der Waals surface area (Å²) in [6.45, 7) is 0. The lowest BCUT2D eigenvalue weighted by atomic mass is 9.93. The fourth-order valence-corrected chi connectivity index (χ4v) is 5.28. The van der Waals surface area contributed by atoms with Gasteiger partial charge < -0.3 is 5.11 Å². The highest BCUT2D eigenvalue weighted by atomic mass is 79.9. The van der Waals surface area contributed by atoms with Crippen molar-refractivity contribution in [2.75, 3.05) is 0 Å². The van der Waals surface area contributed by atoms with Gasteiger partial charge in [-0.15, -0.1) is 11.3 Å². The first kappa shape index (κ1) is 13.5. The molecule has 2 N–H and O–H groups in total. The van der Waals surface area contributed by atoms with Crippen LogP contribution in [-0.4, -0.2) is 25.7 Å². The van der Waals surface area contributed by atoms with Crippen molar-refractivity contribution in [2.45, 2.75) is 42.0 Å². The molecule has 0 spiro atoms. The molecule has 0 unspecified atom stereocenters. The maximum atomic E-state index is 12.0. The number of aliphatic hydroxyl groups excluding tert-OH is 1. The summed E-state index contributed by atoms with van der Waals surface area (Å²) in [5.41, 5.74) is 0. The Balaban J connectivity index is 2.11. The minimum absolute atomic E-state index is 0.280. The molecule has 0 saturated heterocycles. The molecule has 0 aliphatic heterocycles. The van der Waals surface area contributed by atoms with Crippen LogP contribution in [0.25, 0.3) is 0 Å². The number of aliphatic hydroxyl groups is 1. The summed E-state index contributed by atoms with van der Waals surface area (Å²) in [5.74, 6) is 0. The van der Waals surface area contributed by atoms with Crippen molar-refractivity contribution in [3.63, 3.8) is 0 Å². The number of nitrogens with one attached hydrogen (secondary N) is 1. The van der Waals surface area contributed by atoms with Crippen molar-refractivity contribution in [1.29, 1.82) is 0 Å². The maximum absolute atomic E-state index is 12.0. The smallest absolute Gasteiger partial charge is 0.250 e. The lowest BCUT2D eigenvalue weighted by Crippen LogP contribution is -2.44. The molecule has 1 aliphatic carbocycles. The van der Waals surface area contributed by atoms with Crippen molar-refractivity contribution >= 4 is 37.3 Å². The van der Waals surface area contributed by atoms with E-state index in [0.717, 1.165) is 16.6 Å². The zero-order chi connectivity index (χ0) is 12.5. The zero-order valence-electron chi connectivity index (χ0n) is 9.10. The van der Waals surface area contributed by atoms with Crippen LogP contribution in [-0.2, 0) is 10.0 Å². The molecule has 1 aromatic heterocycles. The monoisotopic (exact) mass is 339 g/mol. The van der Waals surface area contributed by atoms with Gasteiger partial charge >= 0.3 is 0 Å². The van der Waals surface area contributed by atoms with Crippen molar-refractivity contribution in [3.8, 4) is 0 Å². The molecule has 96 valence electrons. The van der Waals surface area contributed by atoms with Crippen LogP contribution in [0.5, 0.6) is 0 Å². The third-order valence-corrected chi connectivity index (χ3v) is 6.45. The summed E-state index contributed by atoms with van der Waals surface area (Å²) >= 11 is 4.41. The molecule has 1 fully saturated rings. The molecule has 2 rings (SSSR count). The van der Waals surface area contributed by atoms with Crippen LogP contribution in [0.1, 0.15) is 25.7 Å². The van der Waals surface area contributed by atoms with Gasteiger partial charge in [0, 0.05) is 6.04 Å². The van der Waals surface area contributed by atoms with Crippen LogP contribution in [0.2, 0.25) is 0 Å². The van der Waals surface area contributed by atoms with Crippen LogP contribution in [0.3, 0.4) is 0 Å². The van der Waals surface area contributed by atoms with Gasteiger partial charge in [-0.2, -0.15) is 0 Å². The van der Waals surface area contributed by atoms with Crippen LogP contribution in [0.15, 0.2) is 20.1 Å². The van der Waals surface area contributed by atoms with Gasteiger partial charge in [-0.3, -0.25) is 0 Å². The predicted molar refractivity (Wildman–Crippen MR) is 70.6 cm³/mol. The van der Waals surface area contributed by atoms with Gasteiger partial charge in [-0.25, -0.2) is 13.1 Å². The quantitative estimate of drug-likeness (QED) is 0.886. The van der Waals surface area contributed by atoms with Crippen LogP contribution >= 0.6 is 27.3 Å². The minimum Gasteiger partial charge on any atom is -0.391 e. The highest BCUT2D eigenvalue weighted by molar-refractivity contribution is 9.11. The molecule has 17 heavy (non-hydrogen) atoms. The zero-order valence-corrected chi connectivity index (χ0v) is 12.3. The summed E-state index contributed by atoms with van der Waals surface area (Å²) in [7, 11) is -3.49. The second-order valence-electron chi connectivity index (χ2n) is 4.14. The topological polar surface area (TPSA) is 66.4 Å². The third-order valence-electron chi connectivity index (χ3n) is 2.85. The lowest BCUT2D eigenvalue weighted by Gasteiger charge is -2.27. The number of thiophene rings is 1. The number of rotatable bonds is 3. The summed E-state index contributed by atoms with van der Waals surface area (Å²) in [6, 6.07) is 2.91. The SMILES string of the molecule is O=S(=O)(N[C@@H]1CCCC[C@H]1O)c1ccc(Br)s1. The van der Waals surface area contributed by atoms with E-state index < -0.39 is 16.1 Å². The Morgan fingerprint density at radius 2 is 2.06 bits per heavy atom. The van der Waals surface area contributed by atoms with Gasteiger partial charge in [0.2, 0.25) is 10.0 Å². The van der Waals surface area contributed by atoms with Gasteiger partial charge in [0.05, 0.1) is 9.89 Å². The van der Waals surface area contributed by atoms with Crippen LogP contribution in [0, 0.1) is 0 Å². The van der Waals surface area contributed by atoms with Gasteiger partial charge in [0.15, 0.2) is 0 Å².